The zero-order valence-electron chi connectivity index (χ0n) is 15.2. The van der Waals surface area contributed by atoms with Crippen LogP contribution in [0.2, 0.25) is 0 Å². The maximum absolute atomic E-state index is 12.3. The Kier molecular flexibility index (Phi) is 7.75. The van der Waals surface area contributed by atoms with Crippen molar-refractivity contribution in [2.45, 2.75) is 38.9 Å². The van der Waals surface area contributed by atoms with Crippen LogP contribution in [0.15, 0.2) is 36.7 Å². The van der Waals surface area contributed by atoms with Crippen LogP contribution in [0.25, 0.3) is 0 Å². The molecule has 1 aliphatic rings. The molecule has 2 atom stereocenters. The third-order valence-electron chi connectivity index (χ3n) is 4.40. The fourth-order valence-corrected chi connectivity index (χ4v) is 3.01. The highest BCUT2D eigenvalue weighted by molar-refractivity contribution is 5.91. The van der Waals surface area contributed by atoms with Crippen molar-refractivity contribution in [2.75, 3.05) is 11.9 Å². The molecule has 3 rings (SSSR count). The Morgan fingerprint density at radius 1 is 1.30 bits per heavy atom. The first-order valence-electron chi connectivity index (χ1n) is 8.84. The Morgan fingerprint density at radius 2 is 2.07 bits per heavy atom. The first-order valence-corrected chi connectivity index (χ1v) is 8.84. The Bertz CT molecular complexity index is 751. The van der Waals surface area contributed by atoms with E-state index in [1.807, 2.05) is 30.3 Å². The predicted octanol–water partition coefficient (Wildman–Crippen LogP) is 1.34. The SMILES string of the molecule is C[C@H]1C[C@@H](C(=O)Nc2ncn(CC(=O)NCc3ccccc3)n2)CCN1.Cl. The molecule has 3 N–H and O–H groups in total. The van der Waals surface area contributed by atoms with Crippen molar-refractivity contribution >= 4 is 30.2 Å². The molecule has 1 aliphatic heterocycles. The molecule has 146 valence electrons. The summed E-state index contributed by atoms with van der Waals surface area (Å²) in [6.45, 7) is 3.43. The highest BCUT2D eigenvalue weighted by Crippen LogP contribution is 2.17. The molecule has 0 aliphatic carbocycles. The molecular weight excluding hydrogens is 368 g/mol. The Balaban J connectivity index is 0.00000261. The minimum absolute atomic E-state index is 0. The van der Waals surface area contributed by atoms with E-state index in [2.05, 4.69) is 33.0 Å². The van der Waals surface area contributed by atoms with Crippen molar-refractivity contribution in [3.05, 3.63) is 42.2 Å². The fraction of sp³-hybridized carbons (Fsp3) is 0.444. The predicted molar refractivity (Wildman–Crippen MR) is 104 cm³/mol. The highest BCUT2D eigenvalue weighted by Gasteiger charge is 2.25. The molecule has 0 spiro atoms. The smallest absolute Gasteiger partial charge is 0.248 e. The molecular formula is C18H25ClN6O2. The minimum atomic E-state index is -0.163. The van der Waals surface area contributed by atoms with E-state index in [-0.39, 0.29) is 42.6 Å². The van der Waals surface area contributed by atoms with E-state index in [0.29, 0.717) is 12.6 Å². The first-order chi connectivity index (χ1) is 12.6. The van der Waals surface area contributed by atoms with Crippen LogP contribution in [0.3, 0.4) is 0 Å². The van der Waals surface area contributed by atoms with Gasteiger partial charge in [0.05, 0.1) is 0 Å². The number of nitrogens with one attached hydrogen (secondary N) is 3. The zero-order valence-corrected chi connectivity index (χ0v) is 16.0. The summed E-state index contributed by atoms with van der Waals surface area (Å²) in [4.78, 5) is 28.4. The number of rotatable bonds is 6. The molecule has 0 bridgehead atoms. The van der Waals surface area contributed by atoms with Crippen molar-refractivity contribution < 1.29 is 9.59 Å². The second kappa shape index (κ2) is 10.0. The van der Waals surface area contributed by atoms with Crippen molar-refractivity contribution in [1.29, 1.82) is 0 Å². The number of hydrogen-bond acceptors (Lipinski definition) is 5. The van der Waals surface area contributed by atoms with Crippen molar-refractivity contribution in [3.8, 4) is 0 Å². The summed E-state index contributed by atoms with van der Waals surface area (Å²) in [5, 5.41) is 13.1. The molecule has 1 fully saturated rings. The van der Waals surface area contributed by atoms with Crippen molar-refractivity contribution in [3.63, 3.8) is 0 Å². The maximum Gasteiger partial charge on any atom is 0.248 e. The van der Waals surface area contributed by atoms with E-state index in [0.717, 1.165) is 24.9 Å². The Labute approximate surface area is 164 Å². The van der Waals surface area contributed by atoms with Gasteiger partial charge in [-0.05, 0) is 31.9 Å². The van der Waals surface area contributed by atoms with Crippen molar-refractivity contribution in [2.24, 2.45) is 5.92 Å². The summed E-state index contributed by atoms with van der Waals surface area (Å²) < 4.78 is 1.42. The number of aromatic nitrogens is 3. The van der Waals surface area contributed by atoms with E-state index in [1.165, 1.54) is 11.0 Å². The van der Waals surface area contributed by atoms with Gasteiger partial charge in [0.15, 0.2) is 0 Å². The van der Waals surface area contributed by atoms with Gasteiger partial charge in [0, 0.05) is 18.5 Å². The number of hydrogen-bond donors (Lipinski definition) is 3. The Morgan fingerprint density at radius 3 is 2.81 bits per heavy atom. The molecule has 1 aromatic heterocycles. The van der Waals surface area contributed by atoms with Crippen LogP contribution in [0.1, 0.15) is 25.3 Å². The molecule has 0 unspecified atom stereocenters. The maximum atomic E-state index is 12.3. The largest absolute Gasteiger partial charge is 0.350 e. The molecule has 8 nitrogen and oxygen atoms in total. The van der Waals surface area contributed by atoms with E-state index in [9.17, 15) is 9.59 Å². The van der Waals surface area contributed by atoms with E-state index in [4.69, 9.17) is 0 Å². The topological polar surface area (TPSA) is 101 Å². The lowest BCUT2D eigenvalue weighted by Crippen LogP contribution is -2.40. The molecule has 2 aromatic rings. The number of amides is 2. The average Bonchev–Trinajstić information content (AvgIpc) is 3.07. The summed E-state index contributed by atoms with van der Waals surface area (Å²) in [7, 11) is 0. The molecule has 0 saturated carbocycles. The van der Waals surface area contributed by atoms with Gasteiger partial charge in [-0.1, -0.05) is 30.3 Å². The third kappa shape index (κ3) is 6.33. The summed E-state index contributed by atoms with van der Waals surface area (Å²) in [5.74, 6) is -0.0298. The van der Waals surface area contributed by atoms with Gasteiger partial charge in [-0.2, -0.15) is 0 Å². The quantitative estimate of drug-likeness (QED) is 0.688. The van der Waals surface area contributed by atoms with Gasteiger partial charge in [0.2, 0.25) is 17.8 Å². The molecule has 0 radical (unpaired) electrons. The molecule has 1 aromatic carbocycles. The fourth-order valence-electron chi connectivity index (χ4n) is 3.01. The van der Waals surface area contributed by atoms with Crippen LogP contribution in [0.5, 0.6) is 0 Å². The van der Waals surface area contributed by atoms with Crippen molar-refractivity contribution in [1.82, 2.24) is 25.4 Å². The lowest BCUT2D eigenvalue weighted by atomic mass is 9.92. The monoisotopic (exact) mass is 392 g/mol. The lowest BCUT2D eigenvalue weighted by Gasteiger charge is -2.26. The number of piperidine rings is 1. The summed E-state index contributed by atoms with van der Waals surface area (Å²) in [5.41, 5.74) is 1.03. The summed E-state index contributed by atoms with van der Waals surface area (Å²) in [6.07, 6.45) is 3.05. The van der Waals surface area contributed by atoms with Crippen LogP contribution < -0.4 is 16.0 Å². The number of nitrogens with zero attached hydrogens (tertiary/aromatic N) is 3. The molecule has 2 heterocycles. The van der Waals surface area contributed by atoms with Gasteiger partial charge in [-0.3, -0.25) is 14.9 Å². The van der Waals surface area contributed by atoms with Gasteiger partial charge < -0.3 is 10.6 Å². The Hall–Kier alpha value is -2.45. The number of benzene rings is 1. The van der Waals surface area contributed by atoms with Gasteiger partial charge >= 0.3 is 0 Å². The van der Waals surface area contributed by atoms with Gasteiger partial charge in [0.1, 0.15) is 12.9 Å². The van der Waals surface area contributed by atoms with E-state index < -0.39 is 0 Å². The summed E-state index contributed by atoms with van der Waals surface area (Å²) in [6, 6.07) is 10.0. The second-order valence-electron chi connectivity index (χ2n) is 6.59. The van der Waals surface area contributed by atoms with Crippen LogP contribution in [-0.4, -0.2) is 39.2 Å². The first kappa shape index (κ1) is 20.9. The normalized spacial score (nSPS) is 19.0. The standard InChI is InChI=1S/C18H24N6O2.ClH/c1-13-9-15(7-8-19-13)17(26)22-18-21-12-24(23-18)11-16(25)20-10-14-5-3-2-4-6-14;/h2-6,12-13,15,19H,7-11H2,1H3,(H,20,25)(H,22,23,26);1H/t13-,15-;/m0./s1. The van der Waals surface area contributed by atoms with Crippen LogP contribution in [0, 0.1) is 5.92 Å². The molecule has 1 saturated heterocycles. The van der Waals surface area contributed by atoms with Crippen LogP contribution in [0.4, 0.5) is 5.95 Å². The number of anilines is 1. The minimum Gasteiger partial charge on any atom is -0.350 e. The van der Waals surface area contributed by atoms with Crippen LogP contribution in [-0.2, 0) is 22.7 Å². The van der Waals surface area contributed by atoms with Crippen LogP contribution >= 0.6 is 12.4 Å². The second-order valence-corrected chi connectivity index (χ2v) is 6.59. The highest BCUT2D eigenvalue weighted by atomic mass is 35.5. The number of halogens is 1. The van der Waals surface area contributed by atoms with E-state index >= 15 is 0 Å². The third-order valence-corrected chi connectivity index (χ3v) is 4.40. The molecule has 2 amide bonds. The van der Waals surface area contributed by atoms with Gasteiger partial charge in [-0.25, -0.2) is 9.67 Å². The van der Waals surface area contributed by atoms with E-state index in [1.54, 1.807) is 0 Å². The van der Waals surface area contributed by atoms with Gasteiger partial charge in [-0.15, -0.1) is 17.5 Å². The molecule has 27 heavy (non-hydrogen) atoms. The molecule has 9 heteroatoms. The van der Waals surface area contributed by atoms with Gasteiger partial charge in [0.25, 0.3) is 0 Å². The average molecular weight is 393 g/mol. The number of carbonyl (C=O) groups excluding carboxylic acids is 2. The zero-order chi connectivity index (χ0) is 18.4. The lowest BCUT2D eigenvalue weighted by molar-refractivity contribution is -0.122. The summed E-state index contributed by atoms with van der Waals surface area (Å²) >= 11 is 0. The number of carbonyl (C=O) groups is 2.